The molecule has 9 nitrogen and oxygen atoms in total. The van der Waals surface area contributed by atoms with Gasteiger partial charge in [0.1, 0.15) is 24.4 Å². The monoisotopic (exact) mass is 1160 g/mol. The molecule has 1 rings (SSSR count). The Hall–Kier alpha value is -1.59. The molecule has 0 aromatic carbocycles. The molecule has 1 aliphatic rings. The van der Waals surface area contributed by atoms with Crippen LogP contribution in [0, 0.1) is 0 Å². The largest absolute Gasteiger partial charge is 0.394 e. The second-order valence-corrected chi connectivity index (χ2v) is 25.4. The lowest BCUT2D eigenvalue weighted by molar-refractivity contribution is -0.302. The fraction of sp³-hybridized carbons (Fsp3) is 0.904. The average molecular weight is 1160 g/mol. The van der Waals surface area contributed by atoms with Gasteiger partial charge in [0.15, 0.2) is 6.29 Å². The first kappa shape index (κ1) is 78.4. The fourth-order valence-corrected chi connectivity index (χ4v) is 11.8. The summed E-state index contributed by atoms with van der Waals surface area (Å²) in [7, 11) is 0. The van der Waals surface area contributed by atoms with Crippen molar-refractivity contribution in [2.75, 3.05) is 13.2 Å². The van der Waals surface area contributed by atoms with Crippen LogP contribution in [-0.2, 0) is 14.3 Å². The predicted molar refractivity (Wildman–Crippen MR) is 350 cm³/mol. The van der Waals surface area contributed by atoms with Crippen molar-refractivity contribution in [3.63, 3.8) is 0 Å². The highest BCUT2D eigenvalue weighted by molar-refractivity contribution is 5.76. The minimum atomic E-state index is -1.57. The van der Waals surface area contributed by atoms with Crippen molar-refractivity contribution >= 4 is 5.91 Å². The molecule has 0 bridgehead atoms. The van der Waals surface area contributed by atoms with Crippen LogP contribution in [0.5, 0.6) is 0 Å². The van der Waals surface area contributed by atoms with Gasteiger partial charge in [-0.25, -0.2) is 0 Å². The average Bonchev–Trinajstić information content (AvgIpc) is 3.57. The van der Waals surface area contributed by atoms with Crippen LogP contribution in [0.15, 0.2) is 36.5 Å². The first-order chi connectivity index (χ1) is 40.3. The number of carbonyl (C=O) groups is 1. The smallest absolute Gasteiger partial charge is 0.220 e. The maximum atomic E-state index is 13.1. The summed E-state index contributed by atoms with van der Waals surface area (Å²) in [5.74, 6) is -0.170. The molecule has 1 aliphatic heterocycles. The highest BCUT2D eigenvalue weighted by atomic mass is 16.7. The Balaban J connectivity index is 2.11. The normalized spacial score (nSPS) is 18.5. The number of carbonyl (C=O) groups excluding carboxylic acids is 1. The van der Waals surface area contributed by atoms with Gasteiger partial charge in [-0.2, -0.15) is 0 Å². The third kappa shape index (κ3) is 50.6. The molecule has 82 heavy (non-hydrogen) atoms. The van der Waals surface area contributed by atoms with E-state index in [0.29, 0.717) is 6.42 Å². The summed E-state index contributed by atoms with van der Waals surface area (Å²) < 4.78 is 11.3. The zero-order valence-corrected chi connectivity index (χ0v) is 54.3. The van der Waals surface area contributed by atoms with Gasteiger partial charge in [0.2, 0.25) is 5.91 Å². The SMILES string of the molecule is CCCCCCC/C=C\C/C=C\CCCCCCCCCCCCCCCCCCCC(=O)NC(COC1OC(CO)C(O)C(O)C1O)C(O)/C=C/CCCCCCCCCCCCCCCCCCCCCCCCCCCCCC. The van der Waals surface area contributed by atoms with Gasteiger partial charge in [-0.15, -0.1) is 0 Å². The molecule has 0 aromatic rings. The number of amides is 1. The molecule has 1 saturated heterocycles. The van der Waals surface area contributed by atoms with Crippen LogP contribution in [0.2, 0.25) is 0 Å². The summed E-state index contributed by atoms with van der Waals surface area (Å²) >= 11 is 0. The van der Waals surface area contributed by atoms with E-state index in [0.717, 1.165) is 44.9 Å². The summed E-state index contributed by atoms with van der Waals surface area (Å²) in [6, 6.07) is -0.806. The number of hydrogen-bond acceptors (Lipinski definition) is 8. The number of aliphatic hydroxyl groups is 5. The van der Waals surface area contributed by atoms with Crippen LogP contribution in [0.4, 0.5) is 0 Å². The van der Waals surface area contributed by atoms with E-state index in [1.807, 2.05) is 6.08 Å². The van der Waals surface area contributed by atoms with Gasteiger partial charge >= 0.3 is 0 Å². The first-order valence-corrected chi connectivity index (χ1v) is 36.2. The Bertz CT molecular complexity index is 1390. The summed E-state index contributed by atoms with van der Waals surface area (Å²) in [6.45, 7) is 3.83. The molecular weight excluding hydrogens is 1020 g/mol. The third-order valence-electron chi connectivity index (χ3n) is 17.5. The van der Waals surface area contributed by atoms with Crippen molar-refractivity contribution in [1.29, 1.82) is 0 Å². The molecule has 484 valence electrons. The number of allylic oxidation sites excluding steroid dienone is 5. The van der Waals surface area contributed by atoms with Gasteiger partial charge in [0.25, 0.3) is 0 Å². The predicted octanol–water partition coefficient (Wildman–Crippen LogP) is 19.8. The molecule has 0 radical (unpaired) electrons. The Morgan fingerprint density at radius 1 is 0.415 bits per heavy atom. The van der Waals surface area contributed by atoms with Gasteiger partial charge in [-0.05, 0) is 51.4 Å². The Kier molecular flexibility index (Phi) is 59.7. The van der Waals surface area contributed by atoms with Gasteiger partial charge in [-0.1, -0.05) is 346 Å². The van der Waals surface area contributed by atoms with E-state index in [9.17, 15) is 30.3 Å². The van der Waals surface area contributed by atoms with E-state index in [1.165, 1.54) is 302 Å². The zero-order chi connectivity index (χ0) is 59.3. The van der Waals surface area contributed by atoms with E-state index in [-0.39, 0.29) is 12.5 Å². The summed E-state index contributed by atoms with van der Waals surface area (Å²) in [5.41, 5.74) is 0. The van der Waals surface area contributed by atoms with Crippen molar-refractivity contribution < 1.29 is 39.8 Å². The van der Waals surface area contributed by atoms with Gasteiger partial charge in [0, 0.05) is 6.42 Å². The molecule has 1 fully saturated rings. The van der Waals surface area contributed by atoms with Gasteiger partial charge in [0.05, 0.1) is 25.4 Å². The summed E-state index contributed by atoms with van der Waals surface area (Å²) in [5, 5.41) is 54.8. The quantitative estimate of drug-likeness (QED) is 0.0261. The van der Waals surface area contributed by atoms with Crippen molar-refractivity contribution in [2.24, 2.45) is 0 Å². The van der Waals surface area contributed by atoms with Crippen molar-refractivity contribution in [3.05, 3.63) is 36.5 Å². The first-order valence-electron chi connectivity index (χ1n) is 36.2. The third-order valence-corrected chi connectivity index (χ3v) is 17.5. The summed E-state index contributed by atoms with van der Waals surface area (Å²) in [4.78, 5) is 13.1. The molecule has 0 saturated carbocycles. The molecular formula is C73H139NO8. The van der Waals surface area contributed by atoms with E-state index in [1.54, 1.807) is 6.08 Å². The van der Waals surface area contributed by atoms with Crippen molar-refractivity contribution in [2.45, 2.75) is 410 Å². The zero-order valence-electron chi connectivity index (χ0n) is 54.3. The number of rotatable bonds is 64. The fourth-order valence-electron chi connectivity index (χ4n) is 11.8. The summed E-state index contributed by atoms with van der Waals surface area (Å²) in [6.07, 6.45) is 76.9. The van der Waals surface area contributed by atoms with Crippen molar-refractivity contribution in [3.8, 4) is 0 Å². The van der Waals surface area contributed by atoms with Gasteiger partial charge in [-0.3, -0.25) is 4.79 Å². The minimum Gasteiger partial charge on any atom is -0.394 e. The number of aliphatic hydroxyl groups excluding tert-OH is 5. The number of hydrogen-bond donors (Lipinski definition) is 6. The Morgan fingerprint density at radius 3 is 1.05 bits per heavy atom. The minimum absolute atomic E-state index is 0.170. The molecule has 7 unspecified atom stereocenters. The second kappa shape index (κ2) is 62.5. The highest BCUT2D eigenvalue weighted by Gasteiger charge is 2.44. The highest BCUT2D eigenvalue weighted by Crippen LogP contribution is 2.24. The molecule has 0 aliphatic carbocycles. The van der Waals surface area contributed by atoms with Gasteiger partial charge < -0.3 is 40.3 Å². The maximum Gasteiger partial charge on any atom is 0.220 e. The van der Waals surface area contributed by atoms with Crippen molar-refractivity contribution in [1.82, 2.24) is 5.32 Å². The molecule has 0 spiro atoms. The van der Waals surface area contributed by atoms with E-state index >= 15 is 0 Å². The van der Waals surface area contributed by atoms with E-state index in [4.69, 9.17) is 9.47 Å². The molecule has 6 N–H and O–H groups in total. The van der Waals surface area contributed by atoms with Crippen LogP contribution >= 0.6 is 0 Å². The van der Waals surface area contributed by atoms with Crippen LogP contribution in [0.3, 0.4) is 0 Å². The van der Waals surface area contributed by atoms with E-state index in [2.05, 4.69) is 43.5 Å². The lowest BCUT2D eigenvalue weighted by Crippen LogP contribution is -2.60. The van der Waals surface area contributed by atoms with Crippen LogP contribution < -0.4 is 5.32 Å². The molecule has 1 heterocycles. The molecule has 7 atom stereocenters. The second-order valence-electron chi connectivity index (χ2n) is 25.4. The van der Waals surface area contributed by atoms with Crippen LogP contribution in [-0.4, -0.2) is 87.5 Å². The lowest BCUT2D eigenvalue weighted by Gasteiger charge is -2.40. The molecule has 1 amide bonds. The van der Waals surface area contributed by atoms with E-state index < -0.39 is 49.5 Å². The molecule has 0 aromatic heterocycles. The topological polar surface area (TPSA) is 149 Å². The number of nitrogens with one attached hydrogen (secondary N) is 1. The Morgan fingerprint density at radius 2 is 0.720 bits per heavy atom. The molecule has 9 heteroatoms. The van der Waals surface area contributed by atoms with Crippen LogP contribution in [0.25, 0.3) is 0 Å². The maximum absolute atomic E-state index is 13.1. The number of unbranched alkanes of at least 4 members (excludes halogenated alkanes) is 50. The lowest BCUT2D eigenvalue weighted by atomic mass is 9.99. The van der Waals surface area contributed by atoms with Crippen LogP contribution in [0.1, 0.15) is 367 Å². The Labute approximate surface area is 508 Å². The standard InChI is InChI=1S/C73H139NO8/c1-3-5-7-9-11-13-15-17-19-21-23-25-27-29-31-33-35-36-38-40-42-44-46-48-50-52-54-56-58-60-62-67(76)66(65-81-73-72(80)71(79)70(78)68(64-75)82-73)74-69(77)63-61-59-57-55-53-51-49-47-45-43-41-39-37-34-32-30-28-26-24-22-20-18-16-14-12-10-8-6-4-2/h16,18,22,24,60,62,66-68,70-73,75-76,78-80H,3-15,17,19-21,23,25-59,61,63-65H2,1-2H3,(H,74,77)/b18-16-,24-22-,62-60+. The number of ether oxygens (including phenoxy) is 2.